The van der Waals surface area contributed by atoms with Gasteiger partial charge in [0.25, 0.3) is 0 Å². The van der Waals surface area contributed by atoms with Crippen molar-refractivity contribution in [1.82, 2.24) is 0 Å². The highest BCUT2D eigenvalue weighted by Gasteiger charge is 2.27. The van der Waals surface area contributed by atoms with Crippen LogP contribution in [0.3, 0.4) is 0 Å². The van der Waals surface area contributed by atoms with Gasteiger partial charge >= 0.3 is 0 Å². The third-order valence-electron chi connectivity index (χ3n) is 2.61. The second kappa shape index (κ2) is 4.35. The monoisotopic (exact) mass is 259 g/mol. The SMILES string of the molecule is CC(C)(N)c1cc2c(c(Cl)c1F)OCCCO2. The van der Waals surface area contributed by atoms with E-state index in [4.69, 9.17) is 26.8 Å². The number of benzene rings is 1. The van der Waals surface area contributed by atoms with E-state index in [0.29, 0.717) is 24.5 Å². The molecule has 0 aromatic heterocycles. The van der Waals surface area contributed by atoms with Crippen LogP contribution in [0.4, 0.5) is 4.39 Å². The van der Waals surface area contributed by atoms with Crippen molar-refractivity contribution in [2.24, 2.45) is 5.73 Å². The molecule has 17 heavy (non-hydrogen) atoms. The zero-order chi connectivity index (χ0) is 12.6. The fourth-order valence-corrected chi connectivity index (χ4v) is 1.96. The molecule has 0 bridgehead atoms. The number of halogens is 2. The van der Waals surface area contributed by atoms with Crippen LogP contribution in [-0.2, 0) is 5.54 Å². The van der Waals surface area contributed by atoms with Gasteiger partial charge in [-0.1, -0.05) is 11.6 Å². The Kier molecular flexibility index (Phi) is 3.19. The van der Waals surface area contributed by atoms with E-state index in [1.807, 2.05) is 0 Å². The van der Waals surface area contributed by atoms with Gasteiger partial charge in [0.1, 0.15) is 5.02 Å². The van der Waals surface area contributed by atoms with E-state index in [-0.39, 0.29) is 10.8 Å². The van der Waals surface area contributed by atoms with Crippen LogP contribution in [0.25, 0.3) is 0 Å². The Balaban J connectivity index is 2.59. The van der Waals surface area contributed by atoms with Gasteiger partial charge in [-0.05, 0) is 19.9 Å². The first-order valence-corrected chi connectivity index (χ1v) is 5.86. The van der Waals surface area contributed by atoms with Crippen molar-refractivity contribution < 1.29 is 13.9 Å². The van der Waals surface area contributed by atoms with E-state index in [2.05, 4.69) is 0 Å². The van der Waals surface area contributed by atoms with Gasteiger partial charge in [0, 0.05) is 17.5 Å². The van der Waals surface area contributed by atoms with Gasteiger partial charge in [-0.25, -0.2) is 4.39 Å². The normalized spacial score (nSPS) is 15.6. The molecule has 0 fully saturated rings. The summed E-state index contributed by atoms with van der Waals surface area (Å²) in [5.41, 5.74) is 5.41. The highest BCUT2D eigenvalue weighted by atomic mass is 35.5. The number of nitrogens with two attached hydrogens (primary N) is 1. The Morgan fingerprint density at radius 2 is 2.00 bits per heavy atom. The van der Waals surface area contributed by atoms with Gasteiger partial charge < -0.3 is 15.2 Å². The van der Waals surface area contributed by atoms with Crippen LogP contribution >= 0.6 is 11.6 Å². The largest absolute Gasteiger partial charge is 0.489 e. The lowest BCUT2D eigenvalue weighted by Gasteiger charge is -2.22. The molecular formula is C12H15ClFNO2. The van der Waals surface area contributed by atoms with Crippen LogP contribution in [0.1, 0.15) is 25.8 Å². The predicted molar refractivity (Wildman–Crippen MR) is 64.2 cm³/mol. The quantitative estimate of drug-likeness (QED) is 0.843. The molecule has 0 radical (unpaired) electrons. The maximum absolute atomic E-state index is 14.1. The lowest BCUT2D eigenvalue weighted by atomic mass is 9.94. The molecule has 1 aromatic carbocycles. The Bertz CT molecular complexity index is 443. The second-order valence-corrected chi connectivity index (χ2v) is 5.03. The number of hydrogen-bond donors (Lipinski definition) is 1. The smallest absolute Gasteiger partial charge is 0.182 e. The molecule has 1 heterocycles. The first-order valence-electron chi connectivity index (χ1n) is 5.48. The number of fused-ring (bicyclic) bond motifs is 1. The van der Waals surface area contributed by atoms with Crippen LogP contribution < -0.4 is 15.2 Å². The van der Waals surface area contributed by atoms with Gasteiger partial charge in [-0.3, -0.25) is 0 Å². The third-order valence-corrected chi connectivity index (χ3v) is 2.95. The summed E-state index contributed by atoms with van der Waals surface area (Å²) in [5, 5.41) is -0.0575. The maximum atomic E-state index is 14.1. The lowest BCUT2D eigenvalue weighted by Crippen LogP contribution is -2.30. The van der Waals surface area contributed by atoms with Crippen LogP contribution in [0.5, 0.6) is 11.5 Å². The molecule has 5 heteroatoms. The van der Waals surface area contributed by atoms with Gasteiger partial charge in [-0.2, -0.15) is 0 Å². The standard InChI is InChI=1S/C12H15ClFNO2/c1-12(2,15)7-6-8-11(9(13)10(7)14)17-5-3-4-16-8/h6H,3-5,15H2,1-2H3. The van der Waals surface area contributed by atoms with E-state index in [0.717, 1.165) is 6.42 Å². The molecule has 0 amide bonds. The summed E-state index contributed by atoms with van der Waals surface area (Å²) in [6, 6.07) is 1.57. The summed E-state index contributed by atoms with van der Waals surface area (Å²) in [6.45, 7) is 4.42. The molecule has 0 atom stereocenters. The minimum Gasteiger partial charge on any atom is -0.489 e. The van der Waals surface area contributed by atoms with E-state index in [1.54, 1.807) is 19.9 Å². The Morgan fingerprint density at radius 3 is 2.65 bits per heavy atom. The minimum absolute atomic E-state index is 0.0575. The molecule has 2 rings (SSSR count). The zero-order valence-electron chi connectivity index (χ0n) is 9.85. The zero-order valence-corrected chi connectivity index (χ0v) is 10.6. The molecule has 3 nitrogen and oxygen atoms in total. The third kappa shape index (κ3) is 2.33. The van der Waals surface area contributed by atoms with E-state index in [9.17, 15) is 4.39 Å². The molecule has 2 N–H and O–H groups in total. The summed E-state index contributed by atoms with van der Waals surface area (Å²) >= 11 is 5.96. The predicted octanol–water partition coefficient (Wildman–Crippen LogP) is 2.83. The highest BCUT2D eigenvalue weighted by Crippen LogP contribution is 2.42. The van der Waals surface area contributed by atoms with E-state index < -0.39 is 11.4 Å². The fourth-order valence-electron chi connectivity index (χ4n) is 1.71. The van der Waals surface area contributed by atoms with Gasteiger partial charge in [0.2, 0.25) is 0 Å². The topological polar surface area (TPSA) is 44.5 Å². The molecule has 94 valence electrons. The number of rotatable bonds is 1. The molecular weight excluding hydrogens is 245 g/mol. The average Bonchev–Trinajstić information content (AvgIpc) is 2.46. The molecule has 0 saturated heterocycles. The van der Waals surface area contributed by atoms with Crippen molar-refractivity contribution in [3.63, 3.8) is 0 Å². The van der Waals surface area contributed by atoms with Crippen LogP contribution in [-0.4, -0.2) is 13.2 Å². The summed E-state index contributed by atoms with van der Waals surface area (Å²) in [5.74, 6) is 0.195. The average molecular weight is 260 g/mol. The van der Waals surface area contributed by atoms with Crippen molar-refractivity contribution in [1.29, 1.82) is 0 Å². The fraction of sp³-hybridized carbons (Fsp3) is 0.500. The maximum Gasteiger partial charge on any atom is 0.182 e. The van der Waals surface area contributed by atoms with Crippen LogP contribution in [0, 0.1) is 5.82 Å². The Hall–Kier alpha value is -1.00. The summed E-state index contributed by atoms with van der Waals surface area (Å²) in [4.78, 5) is 0. The van der Waals surface area contributed by atoms with Crippen molar-refractivity contribution in [2.45, 2.75) is 25.8 Å². The summed E-state index contributed by atoms with van der Waals surface area (Å²) in [6.07, 6.45) is 0.744. The first kappa shape index (κ1) is 12.5. The molecule has 1 aromatic rings. The number of hydrogen-bond acceptors (Lipinski definition) is 3. The van der Waals surface area contributed by atoms with Gasteiger partial charge in [0.05, 0.1) is 13.2 Å². The molecule has 0 spiro atoms. The highest BCUT2D eigenvalue weighted by molar-refractivity contribution is 6.32. The molecule has 0 aliphatic carbocycles. The van der Waals surface area contributed by atoms with Crippen molar-refractivity contribution in [3.8, 4) is 11.5 Å². The van der Waals surface area contributed by atoms with E-state index >= 15 is 0 Å². The van der Waals surface area contributed by atoms with Crippen molar-refractivity contribution >= 4 is 11.6 Å². The van der Waals surface area contributed by atoms with Crippen LogP contribution in [0.15, 0.2) is 6.07 Å². The van der Waals surface area contributed by atoms with Gasteiger partial charge in [0.15, 0.2) is 17.3 Å². The van der Waals surface area contributed by atoms with Crippen molar-refractivity contribution in [2.75, 3.05) is 13.2 Å². The first-order chi connectivity index (χ1) is 7.91. The Morgan fingerprint density at radius 1 is 1.35 bits per heavy atom. The minimum atomic E-state index is -0.821. The number of ether oxygens (including phenoxy) is 2. The summed E-state index contributed by atoms with van der Waals surface area (Å²) in [7, 11) is 0. The van der Waals surface area contributed by atoms with Crippen LogP contribution in [0.2, 0.25) is 5.02 Å². The Labute approximate surface area is 105 Å². The van der Waals surface area contributed by atoms with E-state index in [1.165, 1.54) is 0 Å². The summed E-state index contributed by atoms with van der Waals surface area (Å²) < 4.78 is 24.9. The molecule has 0 saturated carbocycles. The molecule has 1 aliphatic rings. The van der Waals surface area contributed by atoms with Gasteiger partial charge in [-0.15, -0.1) is 0 Å². The molecule has 1 aliphatic heterocycles. The second-order valence-electron chi connectivity index (χ2n) is 4.65. The lowest BCUT2D eigenvalue weighted by molar-refractivity contribution is 0.296. The molecule has 0 unspecified atom stereocenters. The van der Waals surface area contributed by atoms with Crippen molar-refractivity contribution in [3.05, 3.63) is 22.5 Å².